The van der Waals surface area contributed by atoms with E-state index in [2.05, 4.69) is 0 Å². The Hall–Kier alpha value is -2.24. The van der Waals surface area contributed by atoms with Crippen LogP contribution < -0.4 is 10.5 Å². The van der Waals surface area contributed by atoms with Gasteiger partial charge >= 0.3 is 5.97 Å². The maximum Gasteiger partial charge on any atom is 0.338 e. The van der Waals surface area contributed by atoms with E-state index >= 15 is 0 Å². The number of nitrogens with zero attached hydrogens (tertiary/aromatic N) is 1. The lowest BCUT2D eigenvalue weighted by molar-refractivity contribution is -0.133. The Morgan fingerprint density at radius 3 is 2.63 bits per heavy atom. The first-order valence-electron chi connectivity index (χ1n) is 5.84. The molecule has 1 aromatic carbocycles. The molecule has 0 bridgehead atoms. The van der Waals surface area contributed by atoms with Crippen molar-refractivity contribution in [2.75, 3.05) is 33.0 Å². The lowest BCUT2D eigenvalue weighted by Gasteiger charge is -2.14. The number of hydrogen-bond acceptors (Lipinski definition) is 5. The van der Waals surface area contributed by atoms with Gasteiger partial charge in [-0.2, -0.15) is 0 Å². The average molecular weight is 266 g/mol. The molecule has 0 aliphatic heterocycles. The van der Waals surface area contributed by atoms with Crippen LogP contribution in [0.25, 0.3) is 0 Å². The van der Waals surface area contributed by atoms with Gasteiger partial charge in [0.15, 0.2) is 6.61 Å². The number of amides is 1. The van der Waals surface area contributed by atoms with Crippen LogP contribution in [0.3, 0.4) is 0 Å². The highest BCUT2D eigenvalue weighted by Crippen LogP contribution is 2.22. The van der Waals surface area contributed by atoms with Gasteiger partial charge in [0.2, 0.25) is 0 Å². The van der Waals surface area contributed by atoms with E-state index in [0.717, 1.165) is 0 Å². The summed E-state index contributed by atoms with van der Waals surface area (Å²) in [7, 11) is 3.10. The molecule has 0 aliphatic rings. The second kappa shape index (κ2) is 6.63. The predicted octanol–water partition coefficient (Wildman–Crippen LogP) is 0.912. The third kappa shape index (κ3) is 3.87. The summed E-state index contributed by atoms with van der Waals surface area (Å²) in [6, 6.07) is 4.55. The Kier molecular flexibility index (Phi) is 5.17. The predicted molar refractivity (Wildman–Crippen MR) is 71.0 cm³/mol. The molecule has 6 heteroatoms. The van der Waals surface area contributed by atoms with Crippen LogP contribution in [-0.4, -0.2) is 44.1 Å². The minimum absolute atomic E-state index is 0.252. The van der Waals surface area contributed by atoms with Gasteiger partial charge in [-0.1, -0.05) is 0 Å². The highest BCUT2D eigenvalue weighted by Gasteiger charge is 2.13. The molecule has 1 aromatic rings. The zero-order valence-electron chi connectivity index (χ0n) is 11.3. The number of carbonyl (C=O) groups is 2. The summed E-state index contributed by atoms with van der Waals surface area (Å²) in [5.41, 5.74) is 6.36. The van der Waals surface area contributed by atoms with Crippen LogP contribution in [0.4, 0.5) is 5.69 Å². The first kappa shape index (κ1) is 14.8. The van der Waals surface area contributed by atoms with Gasteiger partial charge in [-0.3, -0.25) is 4.79 Å². The molecule has 0 aromatic heterocycles. The number of nitrogens with two attached hydrogens (primary N) is 1. The summed E-state index contributed by atoms with van der Waals surface area (Å²) < 4.78 is 9.93. The molecule has 1 rings (SSSR count). The molecule has 0 aliphatic carbocycles. The third-order valence-electron chi connectivity index (χ3n) is 2.70. The summed E-state index contributed by atoms with van der Waals surface area (Å²) in [5.74, 6) is -0.444. The van der Waals surface area contributed by atoms with Crippen LogP contribution in [0.5, 0.6) is 5.75 Å². The molecule has 0 saturated carbocycles. The fourth-order valence-electron chi connectivity index (χ4n) is 1.34. The molecule has 0 fully saturated rings. The van der Waals surface area contributed by atoms with Crippen LogP contribution in [-0.2, 0) is 9.53 Å². The van der Waals surface area contributed by atoms with Crippen LogP contribution in [0.15, 0.2) is 18.2 Å². The molecule has 104 valence electrons. The van der Waals surface area contributed by atoms with Crippen molar-refractivity contribution in [1.82, 2.24) is 4.90 Å². The van der Waals surface area contributed by atoms with E-state index in [1.807, 2.05) is 6.92 Å². The number of hydrogen-bond donors (Lipinski definition) is 1. The van der Waals surface area contributed by atoms with E-state index < -0.39 is 5.97 Å². The summed E-state index contributed by atoms with van der Waals surface area (Å²) in [4.78, 5) is 24.7. The zero-order valence-corrected chi connectivity index (χ0v) is 11.3. The van der Waals surface area contributed by atoms with Crippen molar-refractivity contribution in [1.29, 1.82) is 0 Å². The molecule has 19 heavy (non-hydrogen) atoms. The van der Waals surface area contributed by atoms with Crippen molar-refractivity contribution in [2.24, 2.45) is 0 Å². The molecule has 1 amide bonds. The summed E-state index contributed by atoms with van der Waals surface area (Å²) >= 11 is 0. The van der Waals surface area contributed by atoms with Gasteiger partial charge in [0.25, 0.3) is 5.91 Å². The first-order valence-corrected chi connectivity index (χ1v) is 5.84. The lowest BCUT2D eigenvalue weighted by atomic mass is 10.2. The van der Waals surface area contributed by atoms with E-state index in [4.69, 9.17) is 15.2 Å². The van der Waals surface area contributed by atoms with E-state index in [1.54, 1.807) is 13.1 Å². The van der Waals surface area contributed by atoms with Gasteiger partial charge in [0, 0.05) is 13.6 Å². The fourth-order valence-corrected chi connectivity index (χ4v) is 1.34. The summed E-state index contributed by atoms with van der Waals surface area (Å²) in [6.45, 7) is 2.12. The monoisotopic (exact) mass is 266 g/mol. The van der Waals surface area contributed by atoms with Crippen LogP contribution in [0, 0.1) is 0 Å². The van der Waals surface area contributed by atoms with Crippen LogP contribution >= 0.6 is 0 Å². The number of ether oxygens (including phenoxy) is 2. The second-order valence-electron chi connectivity index (χ2n) is 3.94. The molecule has 0 spiro atoms. The van der Waals surface area contributed by atoms with Gasteiger partial charge < -0.3 is 20.1 Å². The van der Waals surface area contributed by atoms with Crippen molar-refractivity contribution in [3.8, 4) is 5.75 Å². The zero-order chi connectivity index (χ0) is 14.4. The Labute approximate surface area is 112 Å². The largest absolute Gasteiger partial charge is 0.495 e. The summed E-state index contributed by atoms with van der Waals surface area (Å²) in [5, 5.41) is 0. The number of benzene rings is 1. The Morgan fingerprint density at radius 1 is 1.37 bits per heavy atom. The van der Waals surface area contributed by atoms with Gasteiger partial charge in [0.1, 0.15) is 5.75 Å². The minimum atomic E-state index is -0.587. The van der Waals surface area contributed by atoms with Crippen molar-refractivity contribution >= 4 is 17.6 Å². The van der Waals surface area contributed by atoms with E-state index in [9.17, 15) is 9.59 Å². The molecule has 0 atom stereocenters. The van der Waals surface area contributed by atoms with E-state index in [0.29, 0.717) is 18.0 Å². The molecule has 2 N–H and O–H groups in total. The summed E-state index contributed by atoms with van der Waals surface area (Å²) in [6.07, 6.45) is 0. The number of rotatable bonds is 5. The topological polar surface area (TPSA) is 81.9 Å². The highest BCUT2D eigenvalue weighted by atomic mass is 16.5. The lowest BCUT2D eigenvalue weighted by Crippen LogP contribution is -2.30. The number of anilines is 1. The van der Waals surface area contributed by atoms with Crippen molar-refractivity contribution in [3.05, 3.63) is 23.8 Å². The van der Waals surface area contributed by atoms with Crippen LogP contribution in [0.2, 0.25) is 0 Å². The molecule has 0 unspecified atom stereocenters. The smallest absolute Gasteiger partial charge is 0.338 e. The highest BCUT2D eigenvalue weighted by molar-refractivity contribution is 5.92. The number of esters is 1. The Morgan fingerprint density at radius 2 is 2.05 bits per heavy atom. The van der Waals surface area contributed by atoms with Crippen molar-refractivity contribution in [3.63, 3.8) is 0 Å². The SMILES string of the molecule is CCN(C)C(=O)COC(=O)c1ccc(N)c(OC)c1. The van der Waals surface area contributed by atoms with Gasteiger partial charge in [-0.15, -0.1) is 0 Å². The molecule has 0 saturated heterocycles. The number of carbonyl (C=O) groups excluding carboxylic acids is 2. The van der Waals surface area contributed by atoms with Gasteiger partial charge in [-0.05, 0) is 25.1 Å². The normalized spacial score (nSPS) is 9.84. The number of nitrogen functional groups attached to an aromatic ring is 1. The Bertz CT molecular complexity index is 474. The van der Waals surface area contributed by atoms with Crippen molar-refractivity contribution < 1.29 is 19.1 Å². The molecular weight excluding hydrogens is 248 g/mol. The third-order valence-corrected chi connectivity index (χ3v) is 2.70. The maximum absolute atomic E-state index is 11.8. The molecular formula is C13H18N2O4. The van der Waals surface area contributed by atoms with E-state index in [1.165, 1.54) is 24.1 Å². The Balaban J connectivity index is 2.66. The molecule has 0 heterocycles. The standard InChI is InChI=1S/C13H18N2O4/c1-4-15(2)12(16)8-19-13(17)9-5-6-10(14)11(7-9)18-3/h5-7H,4,8,14H2,1-3H3. The molecule has 0 radical (unpaired) electrons. The van der Waals surface area contributed by atoms with Crippen LogP contribution in [0.1, 0.15) is 17.3 Å². The quantitative estimate of drug-likeness (QED) is 0.633. The second-order valence-corrected chi connectivity index (χ2v) is 3.94. The van der Waals surface area contributed by atoms with Gasteiger partial charge in [-0.25, -0.2) is 4.79 Å². The van der Waals surface area contributed by atoms with Crippen molar-refractivity contribution in [2.45, 2.75) is 6.92 Å². The number of likely N-dealkylation sites (N-methyl/N-ethyl adjacent to an activating group) is 1. The van der Waals surface area contributed by atoms with E-state index in [-0.39, 0.29) is 18.1 Å². The average Bonchev–Trinajstić information content (AvgIpc) is 2.43. The first-order chi connectivity index (χ1) is 8.99. The fraction of sp³-hybridized carbons (Fsp3) is 0.385. The molecule has 6 nitrogen and oxygen atoms in total. The maximum atomic E-state index is 11.8. The van der Waals surface area contributed by atoms with Gasteiger partial charge in [0.05, 0.1) is 18.4 Å². The number of methoxy groups -OCH3 is 1. The minimum Gasteiger partial charge on any atom is -0.495 e.